The van der Waals surface area contributed by atoms with Gasteiger partial charge < -0.3 is 10.1 Å². The number of rotatable bonds is 5. The van der Waals surface area contributed by atoms with Crippen molar-refractivity contribution in [2.75, 3.05) is 18.5 Å². The summed E-state index contributed by atoms with van der Waals surface area (Å²) in [5.41, 5.74) is -0.214. The molecular weight excluding hydrogens is 212 g/mol. The Morgan fingerprint density at radius 3 is 2.62 bits per heavy atom. The van der Waals surface area contributed by atoms with Crippen LogP contribution in [0.4, 0.5) is 11.5 Å². The van der Waals surface area contributed by atoms with Crippen LogP contribution >= 0.6 is 0 Å². The molecule has 0 aromatic carbocycles. The van der Waals surface area contributed by atoms with Gasteiger partial charge in [-0.2, -0.15) is 4.98 Å². The van der Waals surface area contributed by atoms with Crippen molar-refractivity contribution in [2.24, 2.45) is 0 Å². The van der Waals surface area contributed by atoms with Gasteiger partial charge in [0.25, 0.3) is 5.88 Å². The maximum absolute atomic E-state index is 10.9. The standard InChI is InChI=1S/C9H14N4O3/c1-4-10-8-7(13(14)15)9(16-5-2)12-6(3)11-8/h4-5H2,1-3H3,(H,10,11,12). The first-order chi connectivity index (χ1) is 7.60. The van der Waals surface area contributed by atoms with Gasteiger partial charge in [0.1, 0.15) is 5.82 Å². The molecule has 0 aliphatic carbocycles. The molecule has 1 rings (SSSR count). The van der Waals surface area contributed by atoms with E-state index in [9.17, 15) is 10.1 Å². The van der Waals surface area contributed by atoms with Crippen LogP contribution in [0.1, 0.15) is 19.7 Å². The molecule has 88 valence electrons. The van der Waals surface area contributed by atoms with E-state index in [0.29, 0.717) is 19.0 Å². The normalized spacial score (nSPS) is 9.94. The van der Waals surface area contributed by atoms with Crippen LogP contribution in [0.2, 0.25) is 0 Å². The maximum atomic E-state index is 10.9. The number of nitro groups is 1. The highest BCUT2D eigenvalue weighted by atomic mass is 16.6. The molecule has 1 aromatic heterocycles. The van der Waals surface area contributed by atoms with Gasteiger partial charge >= 0.3 is 5.69 Å². The highest BCUT2D eigenvalue weighted by molar-refractivity contribution is 5.61. The smallest absolute Gasteiger partial charge is 0.372 e. The second kappa shape index (κ2) is 5.24. The molecule has 0 bridgehead atoms. The average molecular weight is 226 g/mol. The molecule has 1 heterocycles. The Bertz CT molecular complexity index is 367. The Balaban J connectivity index is 3.29. The van der Waals surface area contributed by atoms with Crippen LogP contribution in [-0.4, -0.2) is 28.0 Å². The van der Waals surface area contributed by atoms with Crippen molar-refractivity contribution in [2.45, 2.75) is 20.8 Å². The molecule has 0 saturated heterocycles. The minimum atomic E-state index is -0.539. The molecule has 7 heteroatoms. The summed E-state index contributed by atoms with van der Waals surface area (Å²) in [5, 5.41) is 13.7. The quantitative estimate of drug-likeness (QED) is 0.604. The number of aromatic nitrogens is 2. The lowest BCUT2D eigenvalue weighted by Crippen LogP contribution is -2.09. The topological polar surface area (TPSA) is 90.2 Å². The lowest BCUT2D eigenvalue weighted by atomic mass is 10.4. The van der Waals surface area contributed by atoms with Crippen molar-refractivity contribution in [1.29, 1.82) is 0 Å². The third kappa shape index (κ3) is 2.56. The minimum Gasteiger partial charge on any atom is -0.473 e. The van der Waals surface area contributed by atoms with Gasteiger partial charge in [-0.05, 0) is 20.8 Å². The summed E-state index contributed by atoms with van der Waals surface area (Å²) in [5.74, 6) is 0.643. The van der Waals surface area contributed by atoms with Crippen molar-refractivity contribution in [3.05, 3.63) is 15.9 Å². The van der Waals surface area contributed by atoms with E-state index in [1.807, 2.05) is 6.92 Å². The van der Waals surface area contributed by atoms with Crippen LogP contribution in [0, 0.1) is 17.0 Å². The molecule has 0 radical (unpaired) electrons. The van der Waals surface area contributed by atoms with Gasteiger partial charge in [-0.3, -0.25) is 10.1 Å². The average Bonchev–Trinajstić information content (AvgIpc) is 2.17. The number of nitrogens with one attached hydrogen (secondary N) is 1. The van der Waals surface area contributed by atoms with Crippen LogP contribution in [0.3, 0.4) is 0 Å². The first kappa shape index (κ1) is 12.2. The number of nitrogens with zero attached hydrogens (tertiary/aromatic N) is 3. The zero-order valence-corrected chi connectivity index (χ0v) is 9.48. The summed E-state index contributed by atoms with van der Waals surface area (Å²) < 4.78 is 5.13. The Morgan fingerprint density at radius 1 is 1.44 bits per heavy atom. The van der Waals surface area contributed by atoms with Crippen molar-refractivity contribution < 1.29 is 9.66 Å². The van der Waals surface area contributed by atoms with Gasteiger partial charge in [-0.15, -0.1) is 0 Å². The molecule has 0 amide bonds. The Hall–Kier alpha value is -1.92. The summed E-state index contributed by atoms with van der Waals surface area (Å²) in [6, 6.07) is 0. The molecule has 0 fully saturated rings. The Kier molecular flexibility index (Phi) is 3.98. The van der Waals surface area contributed by atoms with Gasteiger partial charge in [-0.25, -0.2) is 4.98 Å². The van der Waals surface area contributed by atoms with Gasteiger partial charge in [0.15, 0.2) is 0 Å². The molecule has 0 spiro atoms. The van der Waals surface area contributed by atoms with Crippen molar-refractivity contribution >= 4 is 11.5 Å². The van der Waals surface area contributed by atoms with Crippen LogP contribution in [-0.2, 0) is 0 Å². The van der Waals surface area contributed by atoms with E-state index >= 15 is 0 Å². The van der Waals surface area contributed by atoms with E-state index in [-0.39, 0.29) is 17.4 Å². The van der Waals surface area contributed by atoms with Crippen LogP contribution in [0.15, 0.2) is 0 Å². The summed E-state index contributed by atoms with van der Waals surface area (Å²) in [6.07, 6.45) is 0. The minimum absolute atomic E-state index is 0.0101. The predicted molar refractivity (Wildman–Crippen MR) is 58.8 cm³/mol. The van der Waals surface area contributed by atoms with Crippen molar-refractivity contribution in [3.63, 3.8) is 0 Å². The zero-order chi connectivity index (χ0) is 12.1. The molecule has 0 aliphatic heterocycles. The number of aryl methyl sites for hydroxylation is 1. The molecule has 1 N–H and O–H groups in total. The van der Waals surface area contributed by atoms with Gasteiger partial charge in [-0.1, -0.05) is 0 Å². The van der Waals surface area contributed by atoms with Crippen molar-refractivity contribution in [1.82, 2.24) is 9.97 Å². The van der Waals surface area contributed by atoms with Crippen LogP contribution < -0.4 is 10.1 Å². The largest absolute Gasteiger partial charge is 0.473 e. The fourth-order valence-corrected chi connectivity index (χ4v) is 1.23. The predicted octanol–water partition coefficient (Wildman–Crippen LogP) is 1.52. The van der Waals surface area contributed by atoms with Crippen molar-refractivity contribution in [3.8, 4) is 5.88 Å². The second-order valence-electron chi connectivity index (χ2n) is 2.99. The van der Waals surface area contributed by atoms with E-state index in [4.69, 9.17) is 4.74 Å². The molecule has 7 nitrogen and oxygen atoms in total. The second-order valence-corrected chi connectivity index (χ2v) is 2.99. The van der Waals surface area contributed by atoms with Gasteiger partial charge in [0, 0.05) is 6.54 Å². The Labute approximate surface area is 93.0 Å². The lowest BCUT2D eigenvalue weighted by molar-refractivity contribution is -0.385. The maximum Gasteiger partial charge on any atom is 0.372 e. The summed E-state index contributed by atoms with van der Waals surface area (Å²) in [7, 11) is 0. The van der Waals surface area contributed by atoms with E-state index in [0.717, 1.165) is 0 Å². The first-order valence-electron chi connectivity index (χ1n) is 4.99. The van der Waals surface area contributed by atoms with Crippen LogP contribution in [0.25, 0.3) is 0 Å². The molecular formula is C9H14N4O3. The molecule has 16 heavy (non-hydrogen) atoms. The number of ether oxygens (including phenoxy) is 1. The van der Waals surface area contributed by atoms with Gasteiger partial charge in [0.05, 0.1) is 11.5 Å². The van der Waals surface area contributed by atoms with Crippen LogP contribution in [0.5, 0.6) is 5.88 Å². The molecule has 0 unspecified atom stereocenters. The lowest BCUT2D eigenvalue weighted by Gasteiger charge is -2.08. The summed E-state index contributed by atoms with van der Waals surface area (Å²) in [6.45, 7) is 6.11. The monoisotopic (exact) mass is 226 g/mol. The molecule has 0 atom stereocenters. The highest BCUT2D eigenvalue weighted by Crippen LogP contribution is 2.31. The third-order valence-electron chi connectivity index (χ3n) is 1.77. The molecule has 0 saturated carbocycles. The number of anilines is 1. The third-order valence-corrected chi connectivity index (χ3v) is 1.77. The summed E-state index contributed by atoms with van der Waals surface area (Å²) >= 11 is 0. The van der Waals surface area contributed by atoms with E-state index in [1.54, 1.807) is 13.8 Å². The fraction of sp³-hybridized carbons (Fsp3) is 0.556. The zero-order valence-electron chi connectivity index (χ0n) is 9.48. The Morgan fingerprint density at radius 2 is 2.12 bits per heavy atom. The molecule has 0 aliphatic rings. The number of hydrogen-bond donors (Lipinski definition) is 1. The molecule has 1 aromatic rings. The summed E-state index contributed by atoms with van der Waals surface area (Å²) in [4.78, 5) is 18.3. The SMILES string of the molecule is CCNc1nc(C)nc(OCC)c1[N+](=O)[O-]. The first-order valence-corrected chi connectivity index (χ1v) is 4.99. The fourth-order valence-electron chi connectivity index (χ4n) is 1.23. The van der Waals surface area contributed by atoms with Gasteiger partial charge in [0.2, 0.25) is 5.82 Å². The number of hydrogen-bond acceptors (Lipinski definition) is 6. The highest BCUT2D eigenvalue weighted by Gasteiger charge is 2.24. The van der Waals surface area contributed by atoms with E-state index < -0.39 is 4.92 Å². The van der Waals surface area contributed by atoms with E-state index in [2.05, 4.69) is 15.3 Å². The van der Waals surface area contributed by atoms with E-state index in [1.165, 1.54) is 0 Å².